The van der Waals surface area contributed by atoms with E-state index < -0.39 is 0 Å². The van der Waals surface area contributed by atoms with Crippen LogP contribution in [0.5, 0.6) is 0 Å². The molecule has 0 aliphatic rings. The number of fused-ring (bicyclic) bond motifs is 3. The minimum absolute atomic E-state index is 0.204. The van der Waals surface area contributed by atoms with E-state index in [9.17, 15) is 9.59 Å². The molecular formula is C21H23N5O2. The monoisotopic (exact) mass is 377 g/mol. The van der Waals surface area contributed by atoms with Crippen LogP contribution in [-0.2, 0) is 20.1 Å². The second-order valence-electron chi connectivity index (χ2n) is 6.90. The molecule has 0 fully saturated rings. The molecule has 0 saturated carbocycles. The van der Waals surface area contributed by atoms with E-state index in [1.165, 1.54) is 9.13 Å². The van der Waals surface area contributed by atoms with Crippen LogP contribution in [0.1, 0.15) is 23.9 Å². The lowest BCUT2D eigenvalue weighted by Crippen LogP contribution is -2.39. The van der Waals surface area contributed by atoms with Crippen LogP contribution >= 0.6 is 0 Å². The highest BCUT2D eigenvalue weighted by molar-refractivity contribution is 5.76. The third-order valence-electron chi connectivity index (χ3n) is 5.34. The molecular weight excluding hydrogens is 354 g/mol. The molecule has 0 atom stereocenters. The second kappa shape index (κ2) is 6.67. The lowest BCUT2D eigenvalue weighted by molar-refractivity contribution is 0.667. The standard InChI is InChI=1S/C21H23N5O2/c1-5-24-14(2)15(3)26-17-18(22-20(24)26)23(4)21(28)25(19(17)27)13-9-12-16-10-7-6-8-11-16/h6-12H,5,13H2,1-4H3/b12-9+. The molecule has 0 N–H and O–H groups in total. The first-order valence-electron chi connectivity index (χ1n) is 9.35. The molecule has 144 valence electrons. The van der Waals surface area contributed by atoms with Gasteiger partial charge in [0, 0.05) is 31.5 Å². The molecule has 3 heterocycles. The van der Waals surface area contributed by atoms with Crippen LogP contribution in [0.15, 0.2) is 46.0 Å². The zero-order valence-electron chi connectivity index (χ0n) is 16.5. The van der Waals surface area contributed by atoms with Gasteiger partial charge in [-0.3, -0.25) is 18.3 Å². The quantitative estimate of drug-likeness (QED) is 0.549. The van der Waals surface area contributed by atoms with Crippen molar-refractivity contribution < 1.29 is 0 Å². The number of aromatic nitrogens is 5. The van der Waals surface area contributed by atoms with Crippen molar-refractivity contribution in [2.75, 3.05) is 0 Å². The summed E-state index contributed by atoms with van der Waals surface area (Å²) in [7, 11) is 1.66. The number of allylic oxidation sites excluding steroid dienone is 1. The number of aryl methyl sites for hydroxylation is 3. The van der Waals surface area contributed by atoms with E-state index in [0.717, 1.165) is 23.5 Å². The highest BCUT2D eigenvalue weighted by atomic mass is 16.2. The summed E-state index contributed by atoms with van der Waals surface area (Å²) in [4.78, 5) is 30.6. The van der Waals surface area contributed by atoms with Crippen LogP contribution in [0.4, 0.5) is 0 Å². The Labute approximate surface area is 161 Å². The van der Waals surface area contributed by atoms with Gasteiger partial charge in [-0.05, 0) is 26.3 Å². The van der Waals surface area contributed by atoms with E-state index in [2.05, 4.69) is 9.55 Å². The highest BCUT2D eigenvalue weighted by Crippen LogP contribution is 2.20. The van der Waals surface area contributed by atoms with Gasteiger partial charge in [0.15, 0.2) is 11.2 Å². The minimum atomic E-state index is -0.367. The van der Waals surface area contributed by atoms with E-state index in [0.29, 0.717) is 16.9 Å². The van der Waals surface area contributed by atoms with Gasteiger partial charge in [-0.2, -0.15) is 4.98 Å². The first-order chi connectivity index (χ1) is 13.5. The molecule has 0 radical (unpaired) electrons. The van der Waals surface area contributed by atoms with E-state index in [-0.39, 0.29) is 17.8 Å². The summed E-state index contributed by atoms with van der Waals surface area (Å²) in [6, 6.07) is 9.79. The molecule has 7 heteroatoms. The zero-order valence-corrected chi connectivity index (χ0v) is 16.5. The van der Waals surface area contributed by atoms with Crippen molar-refractivity contribution in [3.63, 3.8) is 0 Å². The number of hydrogen-bond acceptors (Lipinski definition) is 3. The zero-order chi connectivity index (χ0) is 20.0. The van der Waals surface area contributed by atoms with Crippen LogP contribution in [0.25, 0.3) is 23.0 Å². The summed E-state index contributed by atoms with van der Waals surface area (Å²) in [5.74, 6) is 0.692. The summed E-state index contributed by atoms with van der Waals surface area (Å²) in [5, 5.41) is 0. The van der Waals surface area contributed by atoms with Gasteiger partial charge in [-0.25, -0.2) is 4.79 Å². The number of hydrogen-bond donors (Lipinski definition) is 0. The predicted octanol–water partition coefficient (Wildman–Crippen LogP) is 2.50. The van der Waals surface area contributed by atoms with Crippen LogP contribution < -0.4 is 11.2 Å². The van der Waals surface area contributed by atoms with Gasteiger partial charge >= 0.3 is 5.69 Å². The Hall–Kier alpha value is -3.35. The normalized spacial score (nSPS) is 12.0. The summed E-state index contributed by atoms with van der Waals surface area (Å²) < 4.78 is 6.63. The Kier molecular flexibility index (Phi) is 4.30. The molecule has 1 aromatic carbocycles. The van der Waals surface area contributed by atoms with Crippen molar-refractivity contribution in [2.45, 2.75) is 33.9 Å². The van der Waals surface area contributed by atoms with Gasteiger partial charge in [-0.1, -0.05) is 42.5 Å². The predicted molar refractivity (Wildman–Crippen MR) is 111 cm³/mol. The summed E-state index contributed by atoms with van der Waals surface area (Å²) >= 11 is 0. The van der Waals surface area contributed by atoms with Crippen LogP contribution in [0, 0.1) is 13.8 Å². The van der Waals surface area contributed by atoms with E-state index >= 15 is 0 Å². The molecule has 4 aromatic rings. The Bertz CT molecular complexity index is 1330. The largest absolute Gasteiger partial charge is 0.332 e. The molecule has 0 amide bonds. The molecule has 3 aromatic heterocycles. The fourth-order valence-corrected chi connectivity index (χ4v) is 3.71. The number of nitrogens with zero attached hydrogens (tertiary/aromatic N) is 5. The molecule has 0 aliphatic heterocycles. The van der Waals surface area contributed by atoms with Gasteiger partial charge in [0.1, 0.15) is 0 Å². The Morgan fingerprint density at radius 3 is 2.43 bits per heavy atom. The van der Waals surface area contributed by atoms with Gasteiger partial charge < -0.3 is 4.57 Å². The molecule has 7 nitrogen and oxygen atoms in total. The first-order valence-corrected chi connectivity index (χ1v) is 9.35. The van der Waals surface area contributed by atoms with Crippen molar-refractivity contribution in [2.24, 2.45) is 7.05 Å². The SMILES string of the molecule is CCn1c(C)c(C)n2c3c(=O)n(C/C=C/c4ccccc4)c(=O)n(C)c3nc12. The lowest BCUT2D eigenvalue weighted by atomic mass is 10.2. The van der Waals surface area contributed by atoms with Gasteiger partial charge in [0.2, 0.25) is 5.78 Å². The molecule has 0 bridgehead atoms. The summed E-state index contributed by atoms with van der Waals surface area (Å²) in [6.07, 6.45) is 3.74. The third kappa shape index (κ3) is 2.54. The molecule has 0 saturated heterocycles. The maximum absolute atomic E-state index is 13.2. The van der Waals surface area contributed by atoms with E-state index in [4.69, 9.17) is 0 Å². The number of benzene rings is 1. The highest BCUT2D eigenvalue weighted by Gasteiger charge is 2.21. The van der Waals surface area contributed by atoms with E-state index in [1.807, 2.05) is 67.7 Å². The summed E-state index contributed by atoms with van der Waals surface area (Å²) in [5.41, 5.74) is 3.22. The molecule has 28 heavy (non-hydrogen) atoms. The second-order valence-corrected chi connectivity index (χ2v) is 6.90. The molecule has 0 aliphatic carbocycles. The fraction of sp³-hybridized carbons (Fsp3) is 0.286. The summed E-state index contributed by atoms with van der Waals surface area (Å²) in [6.45, 7) is 6.98. The van der Waals surface area contributed by atoms with Crippen molar-refractivity contribution in [3.05, 3.63) is 74.2 Å². The third-order valence-corrected chi connectivity index (χ3v) is 5.34. The minimum Gasteiger partial charge on any atom is -0.314 e. The number of imidazole rings is 2. The molecule has 4 rings (SSSR count). The molecule has 0 unspecified atom stereocenters. The smallest absolute Gasteiger partial charge is 0.314 e. The number of rotatable bonds is 4. The van der Waals surface area contributed by atoms with Gasteiger partial charge in [0.25, 0.3) is 5.56 Å². The first kappa shape index (κ1) is 18.0. The molecule has 0 spiro atoms. The van der Waals surface area contributed by atoms with Crippen LogP contribution in [-0.4, -0.2) is 23.1 Å². The van der Waals surface area contributed by atoms with Crippen LogP contribution in [0.2, 0.25) is 0 Å². The Morgan fingerprint density at radius 2 is 1.75 bits per heavy atom. The van der Waals surface area contributed by atoms with Gasteiger partial charge in [-0.15, -0.1) is 0 Å². The van der Waals surface area contributed by atoms with Crippen LogP contribution in [0.3, 0.4) is 0 Å². The average molecular weight is 377 g/mol. The average Bonchev–Trinajstić information content (AvgIpc) is 3.19. The van der Waals surface area contributed by atoms with Crippen molar-refractivity contribution >= 4 is 23.0 Å². The maximum atomic E-state index is 13.2. The van der Waals surface area contributed by atoms with Crippen molar-refractivity contribution in [1.29, 1.82) is 0 Å². The maximum Gasteiger partial charge on any atom is 0.332 e. The Balaban J connectivity index is 1.93. The lowest BCUT2D eigenvalue weighted by Gasteiger charge is -2.06. The Morgan fingerprint density at radius 1 is 1.04 bits per heavy atom. The topological polar surface area (TPSA) is 66.2 Å². The van der Waals surface area contributed by atoms with Crippen molar-refractivity contribution in [3.8, 4) is 0 Å². The fourth-order valence-electron chi connectivity index (χ4n) is 3.71. The van der Waals surface area contributed by atoms with E-state index in [1.54, 1.807) is 7.05 Å². The van der Waals surface area contributed by atoms with Gasteiger partial charge in [0.05, 0.1) is 0 Å². The van der Waals surface area contributed by atoms with Crippen molar-refractivity contribution in [1.82, 2.24) is 23.1 Å².